The monoisotopic (exact) mass is 243 g/mol. The van der Waals surface area contributed by atoms with Gasteiger partial charge in [0.2, 0.25) is 0 Å². The first kappa shape index (κ1) is 12.4. The molecule has 1 aromatic heterocycles. The van der Waals surface area contributed by atoms with Gasteiger partial charge in [-0.15, -0.1) is 0 Å². The maximum Gasteiger partial charge on any atom is 0.161 e. The summed E-state index contributed by atoms with van der Waals surface area (Å²) in [5.74, 6) is 2.02. The Labute approximate surface area is 107 Å². The molecular weight excluding hydrogens is 226 g/mol. The van der Waals surface area contributed by atoms with Crippen molar-refractivity contribution in [3.63, 3.8) is 0 Å². The molecular formula is C14H17N3O. The molecule has 0 fully saturated rings. The number of nitrogens with zero attached hydrogens (tertiary/aromatic N) is 2. The molecule has 0 saturated heterocycles. The molecule has 2 N–H and O–H groups in total. The van der Waals surface area contributed by atoms with Crippen molar-refractivity contribution in [2.75, 3.05) is 12.3 Å². The normalized spacial score (nSPS) is 10.3. The fourth-order valence-corrected chi connectivity index (χ4v) is 1.70. The van der Waals surface area contributed by atoms with Crippen molar-refractivity contribution in [3.8, 4) is 17.1 Å². The Morgan fingerprint density at radius 3 is 2.44 bits per heavy atom. The lowest BCUT2D eigenvalue weighted by Gasteiger charge is -2.06. The van der Waals surface area contributed by atoms with E-state index in [9.17, 15) is 0 Å². The molecule has 0 aliphatic heterocycles. The van der Waals surface area contributed by atoms with Crippen LogP contribution in [-0.2, 0) is 6.42 Å². The van der Waals surface area contributed by atoms with Crippen LogP contribution >= 0.6 is 0 Å². The Bertz CT molecular complexity index is 523. The van der Waals surface area contributed by atoms with Gasteiger partial charge < -0.3 is 10.5 Å². The molecule has 0 aliphatic rings. The van der Waals surface area contributed by atoms with Crippen LogP contribution in [0.4, 0.5) is 5.82 Å². The van der Waals surface area contributed by atoms with Crippen molar-refractivity contribution in [2.24, 2.45) is 0 Å². The van der Waals surface area contributed by atoms with Crippen LogP contribution in [0.2, 0.25) is 0 Å². The van der Waals surface area contributed by atoms with Crippen molar-refractivity contribution in [2.45, 2.75) is 20.3 Å². The molecule has 0 amide bonds. The maximum absolute atomic E-state index is 5.77. The number of nitrogens with two attached hydrogens (primary N) is 1. The lowest BCUT2D eigenvalue weighted by molar-refractivity contribution is 0.340. The number of nitrogen functional groups attached to an aromatic ring is 1. The number of anilines is 1. The predicted octanol–water partition coefficient (Wildman–Crippen LogP) is 2.69. The summed E-state index contributed by atoms with van der Waals surface area (Å²) in [6.45, 7) is 4.67. The minimum absolute atomic E-state index is 0.505. The molecule has 2 aromatic rings. The van der Waals surface area contributed by atoms with Gasteiger partial charge in [-0.2, -0.15) is 0 Å². The van der Waals surface area contributed by atoms with Crippen molar-refractivity contribution in [1.82, 2.24) is 9.97 Å². The van der Waals surface area contributed by atoms with Crippen LogP contribution in [0.15, 0.2) is 30.3 Å². The summed E-state index contributed by atoms with van der Waals surface area (Å²) in [7, 11) is 0. The summed E-state index contributed by atoms with van der Waals surface area (Å²) >= 11 is 0. The number of aromatic nitrogens is 2. The molecule has 0 radical (unpaired) electrons. The van der Waals surface area contributed by atoms with E-state index in [2.05, 4.69) is 9.97 Å². The van der Waals surface area contributed by atoms with Gasteiger partial charge in [-0.3, -0.25) is 0 Å². The highest BCUT2D eigenvalue weighted by atomic mass is 16.5. The Morgan fingerprint density at radius 1 is 1.11 bits per heavy atom. The third kappa shape index (κ3) is 2.77. The van der Waals surface area contributed by atoms with Crippen molar-refractivity contribution in [1.29, 1.82) is 0 Å². The Kier molecular flexibility index (Phi) is 3.77. The van der Waals surface area contributed by atoms with Crippen LogP contribution in [-0.4, -0.2) is 16.6 Å². The third-order valence-corrected chi connectivity index (χ3v) is 2.58. The van der Waals surface area contributed by atoms with Gasteiger partial charge in [0.05, 0.1) is 6.61 Å². The second-order valence-electron chi connectivity index (χ2n) is 3.92. The number of ether oxygens (including phenoxy) is 1. The first-order valence-corrected chi connectivity index (χ1v) is 6.09. The van der Waals surface area contributed by atoms with E-state index in [1.165, 1.54) is 0 Å². The molecule has 94 valence electrons. The summed E-state index contributed by atoms with van der Waals surface area (Å²) in [6, 6.07) is 9.52. The molecule has 0 saturated carbocycles. The summed E-state index contributed by atoms with van der Waals surface area (Å²) in [6.07, 6.45) is 0.844. The van der Waals surface area contributed by atoms with E-state index in [1.807, 2.05) is 38.1 Å². The molecule has 4 nitrogen and oxygen atoms in total. The third-order valence-electron chi connectivity index (χ3n) is 2.58. The molecule has 1 heterocycles. The average molecular weight is 243 g/mol. The Balaban J connectivity index is 2.33. The van der Waals surface area contributed by atoms with Gasteiger partial charge in [0.25, 0.3) is 0 Å². The first-order chi connectivity index (χ1) is 8.72. The van der Waals surface area contributed by atoms with Gasteiger partial charge in [-0.1, -0.05) is 6.92 Å². The van der Waals surface area contributed by atoms with E-state index in [0.717, 1.165) is 23.4 Å². The zero-order chi connectivity index (χ0) is 13.0. The van der Waals surface area contributed by atoms with Crippen LogP contribution in [0.25, 0.3) is 11.4 Å². The molecule has 1 aromatic carbocycles. The molecule has 0 atom stereocenters. The summed E-state index contributed by atoms with van der Waals surface area (Å²) in [5.41, 5.74) is 7.67. The predicted molar refractivity (Wildman–Crippen MR) is 72.4 cm³/mol. The van der Waals surface area contributed by atoms with Crippen LogP contribution < -0.4 is 10.5 Å². The van der Waals surface area contributed by atoms with Crippen molar-refractivity contribution >= 4 is 5.82 Å². The highest BCUT2D eigenvalue weighted by Crippen LogP contribution is 2.20. The SMILES string of the molecule is CCOc1ccc(-c2nc(N)cc(CC)n2)cc1. The molecule has 0 unspecified atom stereocenters. The minimum atomic E-state index is 0.505. The summed E-state index contributed by atoms with van der Waals surface area (Å²) in [4.78, 5) is 8.72. The number of hydrogen-bond donors (Lipinski definition) is 1. The molecule has 0 aliphatic carbocycles. The fourth-order valence-electron chi connectivity index (χ4n) is 1.70. The highest BCUT2D eigenvalue weighted by Gasteiger charge is 2.04. The van der Waals surface area contributed by atoms with E-state index >= 15 is 0 Å². The van der Waals surface area contributed by atoms with Gasteiger partial charge in [0.1, 0.15) is 11.6 Å². The second kappa shape index (κ2) is 5.49. The standard InChI is InChI=1S/C14H17N3O/c1-3-11-9-13(15)17-14(16-11)10-5-7-12(8-6-10)18-4-2/h5-9H,3-4H2,1-2H3,(H2,15,16,17). The minimum Gasteiger partial charge on any atom is -0.494 e. The smallest absolute Gasteiger partial charge is 0.161 e. The van der Waals surface area contributed by atoms with Crippen LogP contribution in [0.1, 0.15) is 19.5 Å². The van der Waals surface area contributed by atoms with E-state index in [-0.39, 0.29) is 0 Å². The largest absolute Gasteiger partial charge is 0.494 e. The molecule has 18 heavy (non-hydrogen) atoms. The van der Waals surface area contributed by atoms with Crippen LogP contribution in [0.3, 0.4) is 0 Å². The van der Waals surface area contributed by atoms with E-state index < -0.39 is 0 Å². The van der Waals surface area contributed by atoms with Crippen LogP contribution in [0, 0.1) is 0 Å². The van der Waals surface area contributed by atoms with E-state index in [0.29, 0.717) is 18.2 Å². The topological polar surface area (TPSA) is 61.0 Å². The quantitative estimate of drug-likeness (QED) is 0.896. The lowest BCUT2D eigenvalue weighted by atomic mass is 10.2. The summed E-state index contributed by atoms with van der Waals surface area (Å²) < 4.78 is 5.40. The Morgan fingerprint density at radius 2 is 1.83 bits per heavy atom. The molecule has 4 heteroatoms. The highest BCUT2D eigenvalue weighted by molar-refractivity contribution is 5.58. The average Bonchev–Trinajstić information content (AvgIpc) is 2.39. The van der Waals surface area contributed by atoms with Gasteiger partial charge in [0, 0.05) is 17.3 Å². The molecule has 2 rings (SSSR count). The van der Waals surface area contributed by atoms with Gasteiger partial charge in [-0.05, 0) is 37.6 Å². The maximum atomic E-state index is 5.77. The number of aryl methyl sites for hydroxylation is 1. The number of benzene rings is 1. The summed E-state index contributed by atoms with van der Waals surface area (Å²) in [5, 5.41) is 0. The Hall–Kier alpha value is -2.10. The fraction of sp³-hybridized carbons (Fsp3) is 0.286. The molecule has 0 bridgehead atoms. The van der Waals surface area contributed by atoms with Gasteiger partial charge in [0.15, 0.2) is 5.82 Å². The number of rotatable bonds is 4. The lowest BCUT2D eigenvalue weighted by Crippen LogP contribution is -1.99. The number of hydrogen-bond acceptors (Lipinski definition) is 4. The van der Waals surface area contributed by atoms with Gasteiger partial charge in [-0.25, -0.2) is 9.97 Å². The van der Waals surface area contributed by atoms with Crippen molar-refractivity contribution < 1.29 is 4.74 Å². The first-order valence-electron chi connectivity index (χ1n) is 6.09. The zero-order valence-electron chi connectivity index (χ0n) is 10.7. The second-order valence-corrected chi connectivity index (χ2v) is 3.92. The van der Waals surface area contributed by atoms with E-state index in [4.69, 9.17) is 10.5 Å². The van der Waals surface area contributed by atoms with Gasteiger partial charge >= 0.3 is 0 Å². The van der Waals surface area contributed by atoms with E-state index in [1.54, 1.807) is 6.07 Å². The van der Waals surface area contributed by atoms with Crippen LogP contribution in [0.5, 0.6) is 5.75 Å². The van der Waals surface area contributed by atoms with Crippen molar-refractivity contribution in [3.05, 3.63) is 36.0 Å². The zero-order valence-corrected chi connectivity index (χ0v) is 10.7. The molecule has 0 spiro atoms.